The van der Waals surface area contributed by atoms with Gasteiger partial charge in [0.05, 0.1) is 26.4 Å². The van der Waals surface area contributed by atoms with Crippen molar-refractivity contribution in [1.82, 2.24) is 5.32 Å². The molecule has 1 unspecified atom stereocenters. The molecule has 0 bridgehead atoms. The molecule has 0 saturated carbocycles. The van der Waals surface area contributed by atoms with E-state index in [0.717, 1.165) is 25.0 Å². The van der Waals surface area contributed by atoms with Gasteiger partial charge in [-0.05, 0) is 19.3 Å². The summed E-state index contributed by atoms with van der Waals surface area (Å²) in [5.41, 5.74) is 0. The molecule has 0 aliphatic carbocycles. The highest BCUT2D eigenvalue weighted by molar-refractivity contribution is 8.77. The summed E-state index contributed by atoms with van der Waals surface area (Å²) in [6.07, 6.45) is -20.3. The molecule has 280 valence electrons. The molecule has 4 heterocycles. The van der Waals surface area contributed by atoms with Crippen LogP contribution >= 0.6 is 21.6 Å². The highest BCUT2D eigenvalue weighted by Gasteiger charge is 2.52. The smallest absolute Gasteiger partial charge is 0.220 e. The van der Waals surface area contributed by atoms with E-state index < -0.39 is 112 Å². The number of nitrogens with one attached hydrogen (secondary N) is 1. The Kier molecular flexibility index (Phi) is 16.3. The first kappa shape index (κ1) is 40.3. The van der Waals surface area contributed by atoms with Crippen LogP contribution in [0, 0.1) is 0 Å². The topological polar surface area (TPSA) is 287 Å². The molecule has 4 aliphatic rings. The van der Waals surface area contributed by atoms with Crippen LogP contribution in [0.15, 0.2) is 0 Å². The lowest BCUT2D eigenvalue weighted by Gasteiger charge is -2.46. The summed E-state index contributed by atoms with van der Waals surface area (Å²) in [4.78, 5) is 12.3. The number of aliphatic hydroxyl groups is 10. The van der Waals surface area contributed by atoms with Crippen LogP contribution in [-0.2, 0) is 33.2 Å². The molecule has 4 fully saturated rings. The van der Waals surface area contributed by atoms with Gasteiger partial charge in [-0.1, -0.05) is 28.0 Å². The predicted octanol–water partition coefficient (Wildman–Crippen LogP) is -4.72. The molecule has 0 aromatic rings. The third kappa shape index (κ3) is 10.3. The minimum atomic E-state index is -1.86. The van der Waals surface area contributed by atoms with E-state index in [4.69, 9.17) is 28.4 Å². The molecule has 18 nitrogen and oxygen atoms in total. The van der Waals surface area contributed by atoms with E-state index in [-0.39, 0.29) is 19.1 Å². The molecule has 4 saturated heterocycles. The van der Waals surface area contributed by atoms with Crippen LogP contribution in [0.2, 0.25) is 0 Å². The minimum Gasteiger partial charge on any atom is -0.394 e. The van der Waals surface area contributed by atoms with Crippen molar-refractivity contribution >= 4 is 27.5 Å². The Morgan fingerprint density at radius 3 is 1.94 bits per heavy atom. The van der Waals surface area contributed by atoms with Gasteiger partial charge in [0.25, 0.3) is 0 Å². The third-order valence-corrected chi connectivity index (χ3v) is 11.7. The summed E-state index contributed by atoms with van der Waals surface area (Å²) in [5.74, 6) is 0.975. The molecule has 0 radical (unpaired) electrons. The Hall–Kier alpha value is -0.470. The molecule has 4 aliphatic heterocycles. The van der Waals surface area contributed by atoms with Crippen LogP contribution in [0.5, 0.6) is 0 Å². The molecular weight excluding hydrogens is 686 g/mol. The second kappa shape index (κ2) is 19.4. The molecule has 0 aromatic carbocycles. The molecule has 0 spiro atoms. The molecule has 48 heavy (non-hydrogen) atoms. The summed E-state index contributed by atoms with van der Waals surface area (Å²) in [5, 5.41) is 106. The number of hydrogen-bond donors (Lipinski definition) is 11. The first-order chi connectivity index (χ1) is 23.0. The highest BCUT2D eigenvalue weighted by Crippen LogP contribution is 2.40. The first-order valence-corrected chi connectivity index (χ1v) is 18.4. The van der Waals surface area contributed by atoms with E-state index in [1.807, 2.05) is 21.6 Å². The Labute approximate surface area is 285 Å². The lowest BCUT2D eigenvalue weighted by atomic mass is 9.96. The fourth-order valence-corrected chi connectivity index (χ4v) is 8.77. The molecule has 20 heteroatoms. The maximum Gasteiger partial charge on any atom is 0.220 e. The van der Waals surface area contributed by atoms with E-state index in [1.54, 1.807) is 0 Å². The zero-order valence-electron chi connectivity index (χ0n) is 26.2. The van der Waals surface area contributed by atoms with Crippen LogP contribution in [0.25, 0.3) is 0 Å². The average molecular weight is 736 g/mol. The number of aliphatic hydroxyl groups excluding tert-OH is 10. The van der Waals surface area contributed by atoms with E-state index in [2.05, 4.69) is 5.32 Å². The quantitative estimate of drug-likeness (QED) is 0.0524. The number of amides is 1. The van der Waals surface area contributed by atoms with E-state index in [9.17, 15) is 55.9 Å². The van der Waals surface area contributed by atoms with E-state index >= 15 is 0 Å². The highest BCUT2D eigenvalue weighted by atomic mass is 33.1. The van der Waals surface area contributed by atoms with Gasteiger partial charge in [-0.2, -0.15) is 0 Å². The van der Waals surface area contributed by atoms with Gasteiger partial charge >= 0.3 is 0 Å². The van der Waals surface area contributed by atoms with Gasteiger partial charge in [-0.15, -0.1) is 0 Å². The minimum absolute atomic E-state index is 0.0490. The van der Waals surface area contributed by atoms with E-state index in [0.29, 0.717) is 11.7 Å². The zero-order valence-corrected chi connectivity index (χ0v) is 27.8. The number of carbonyl (C=O) groups is 1. The lowest BCUT2D eigenvalue weighted by molar-refractivity contribution is -0.366. The van der Waals surface area contributed by atoms with Crippen molar-refractivity contribution in [3.63, 3.8) is 0 Å². The Bertz CT molecular complexity index is 967. The SMILES string of the molecule is O=C(CCCCC1CCSS1)NCCO[C@H]1O[C@H](CO[C@H]2O[C@H](CO)[C@@H](O)[C@H](O)[C@@H]2O)[C@@H](O)[C@H](O[C@H]2O[C@H](CO)[C@@H](O)[C@H](O)[C@@H]2O)[C@@H]1O. The van der Waals surface area contributed by atoms with Gasteiger partial charge in [0.2, 0.25) is 5.91 Å². The Morgan fingerprint density at radius 2 is 1.31 bits per heavy atom. The number of hydrogen-bond acceptors (Lipinski definition) is 19. The molecule has 4 rings (SSSR count). The molecular formula is C28H49NO17S2. The molecule has 1 amide bonds. The monoisotopic (exact) mass is 735 g/mol. The van der Waals surface area contributed by atoms with Crippen molar-refractivity contribution in [2.24, 2.45) is 0 Å². The van der Waals surface area contributed by atoms with Crippen molar-refractivity contribution < 1.29 is 84.3 Å². The van der Waals surface area contributed by atoms with Crippen molar-refractivity contribution in [3.8, 4) is 0 Å². The predicted molar refractivity (Wildman–Crippen MR) is 165 cm³/mol. The second-order valence-electron chi connectivity index (χ2n) is 12.1. The second-order valence-corrected chi connectivity index (χ2v) is 14.9. The Morgan fingerprint density at radius 1 is 0.708 bits per heavy atom. The summed E-state index contributed by atoms with van der Waals surface area (Å²) in [6.45, 7) is -2.14. The zero-order chi connectivity index (χ0) is 35.0. The third-order valence-electron chi connectivity index (χ3n) is 8.67. The van der Waals surface area contributed by atoms with Gasteiger partial charge in [-0.25, -0.2) is 0 Å². The van der Waals surface area contributed by atoms with E-state index in [1.165, 1.54) is 6.42 Å². The number of rotatable bonds is 16. The summed E-state index contributed by atoms with van der Waals surface area (Å²) < 4.78 is 33.3. The maximum absolute atomic E-state index is 12.3. The standard InChI is InChI=1S/C28H49NO17S2/c30-9-13-17(33)20(36)22(38)26(43-13)42-11-15-19(35)25(46-28-23(39)21(37)18(34)14(10-31)44-28)24(40)27(45-15)41-7-6-29-16(32)4-2-1-3-12-5-8-47-48-12/h12-15,17-28,30-31,33-40H,1-11H2,(H,29,32)/t12?,13-,14-,15-,17-,18-,19-,20+,21+,22+,23+,24+,25+,26+,27+,28-/m1/s1. The molecule has 0 aromatic heterocycles. The summed E-state index contributed by atoms with van der Waals surface area (Å²) in [7, 11) is 3.76. The van der Waals surface area contributed by atoms with Crippen molar-refractivity contribution in [1.29, 1.82) is 0 Å². The van der Waals surface area contributed by atoms with Gasteiger partial charge in [0.15, 0.2) is 18.9 Å². The number of carbonyl (C=O) groups excluding carboxylic acids is 1. The first-order valence-electron chi connectivity index (χ1n) is 16.0. The van der Waals surface area contributed by atoms with Gasteiger partial charge < -0.3 is 84.8 Å². The maximum atomic E-state index is 12.3. The largest absolute Gasteiger partial charge is 0.394 e. The summed E-state index contributed by atoms with van der Waals surface area (Å²) >= 11 is 0. The Balaban J connectivity index is 1.35. The number of unbranched alkanes of at least 4 members (excludes halogenated alkanes) is 1. The van der Waals surface area contributed by atoms with Crippen LogP contribution in [0.4, 0.5) is 0 Å². The van der Waals surface area contributed by atoms with Crippen LogP contribution in [0.1, 0.15) is 32.1 Å². The fraction of sp³-hybridized carbons (Fsp3) is 0.964. The normalized spacial score (nSPS) is 43.7. The van der Waals surface area contributed by atoms with Crippen molar-refractivity contribution in [3.05, 3.63) is 0 Å². The van der Waals surface area contributed by atoms with Crippen LogP contribution < -0.4 is 5.32 Å². The van der Waals surface area contributed by atoms with Gasteiger partial charge in [0, 0.05) is 24.0 Å². The van der Waals surface area contributed by atoms with Crippen molar-refractivity contribution in [2.75, 3.05) is 38.7 Å². The average Bonchev–Trinajstić information content (AvgIpc) is 3.60. The van der Waals surface area contributed by atoms with Gasteiger partial charge in [0.1, 0.15) is 73.2 Å². The fourth-order valence-electron chi connectivity index (χ4n) is 5.74. The van der Waals surface area contributed by atoms with Crippen molar-refractivity contribution in [2.45, 2.75) is 129 Å². The van der Waals surface area contributed by atoms with Crippen LogP contribution in [0.3, 0.4) is 0 Å². The molecule has 11 N–H and O–H groups in total. The number of ether oxygens (including phenoxy) is 6. The lowest BCUT2D eigenvalue weighted by Crippen LogP contribution is -2.65. The summed E-state index contributed by atoms with van der Waals surface area (Å²) in [6, 6.07) is 0. The molecule has 16 atom stereocenters. The van der Waals surface area contributed by atoms with Crippen LogP contribution in [-0.4, -0.2) is 193 Å². The van der Waals surface area contributed by atoms with Gasteiger partial charge in [-0.3, -0.25) is 4.79 Å².